The number of fused-ring (bicyclic) bond motifs is 1. The second kappa shape index (κ2) is 4.92. The van der Waals surface area contributed by atoms with Gasteiger partial charge in [0.2, 0.25) is 5.91 Å². The quantitative estimate of drug-likeness (QED) is 0.780. The van der Waals surface area contributed by atoms with Crippen molar-refractivity contribution in [1.82, 2.24) is 15.3 Å². The Morgan fingerprint density at radius 1 is 1.53 bits per heavy atom. The van der Waals surface area contributed by atoms with Crippen molar-refractivity contribution in [3.05, 3.63) is 21.7 Å². The molecule has 0 spiro atoms. The van der Waals surface area contributed by atoms with Gasteiger partial charge in [-0.15, -0.1) is 0 Å². The largest absolute Gasteiger partial charge is 0.433 e. The van der Waals surface area contributed by atoms with Gasteiger partial charge in [0.25, 0.3) is 0 Å². The van der Waals surface area contributed by atoms with Gasteiger partial charge < -0.3 is 10.3 Å². The van der Waals surface area contributed by atoms with Crippen LogP contribution in [0.4, 0.5) is 13.2 Å². The van der Waals surface area contributed by atoms with E-state index in [1.54, 1.807) is 0 Å². The highest BCUT2D eigenvalue weighted by Crippen LogP contribution is 2.34. The van der Waals surface area contributed by atoms with Gasteiger partial charge in [-0.1, -0.05) is 0 Å². The highest BCUT2D eigenvalue weighted by atomic mass is 32.1. The monoisotopic (exact) mass is 291 g/mol. The molecule has 0 aliphatic heterocycles. The third-order valence-corrected chi connectivity index (χ3v) is 3.18. The summed E-state index contributed by atoms with van der Waals surface area (Å²) in [5.74, 6) is -0.251. The minimum absolute atomic E-state index is 0.103. The molecule has 1 aliphatic carbocycles. The lowest BCUT2D eigenvalue weighted by molar-refractivity contribution is -0.142. The van der Waals surface area contributed by atoms with Gasteiger partial charge in [-0.2, -0.15) is 13.2 Å². The molecular weight excluding hydrogens is 279 g/mol. The van der Waals surface area contributed by atoms with Crippen molar-refractivity contribution >= 4 is 18.1 Å². The third kappa shape index (κ3) is 3.12. The first-order valence-corrected chi connectivity index (χ1v) is 6.14. The van der Waals surface area contributed by atoms with Gasteiger partial charge in [0.1, 0.15) is 0 Å². The summed E-state index contributed by atoms with van der Waals surface area (Å²) in [4.78, 5) is 17.1. The summed E-state index contributed by atoms with van der Waals surface area (Å²) in [7, 11) is 0. The maximum absolute atomic E-state index is 12.9. The zero-order chi connectivity index (χ0) is 14.2. The second-order valence-electron chi connectivity index (χ2n) is 4.49. The van der Waals surface area contributed by atoms with Crippen LogP contribution in [-0.2, 0) is 23.8 Å². The summed E-state index contributed by atoms with van der Waals surface area (Å²) in [6, 6.07) is -0.294. The van der Waals surface area contributed by atoms with Crippen molar-refractivity contribution in [1.29, 1.82) is 0 Å². The van der Waals surface area contributed by atoms with Crippen LogP contribution >= 0.6 is 12.2 Å². The van der Waals surface area contributed by atoms with E-state index in [4.69, 9.17) is 12.2 Å². The number of carbonyl (C=O) groups is 1. The number of rotatable bonds is 1. The number of aryl methyl sites for hydroxylation is 1. The maximum Gasteiger partial charge on any atom is 0.433 e. The van der Waals surface area contributed by atoms with Crippen molar-refractivity contribution in [2.45, 2.75) is 38.4 Å². The number of halogens is 3. The van der Waals surface area contributed by atoms with E-state index in [-0.39, 0.29) is 28.7 Å². The van der Waals surface area contributed by atoms with E-state index in [1.165, 1.54) is 6.92 Å². The second-order valence-corrected chi connectivity index (χ2v) is 4.87. The molecule has 1 aromatic heterocycles. The SMILES string of the molecule is CC(=O)NC1CCc2[nH]c(=S)nc(C(F)(F)F)c2C1. The lowest BCUT2D eigenvalue weighted by Gasteiger charge is -2.26. The van der Waals surface area contributed by atoms with Gasteiger partial charge in [-0.05, 0) is 31.5 Å². The predicted octanol–water partition coefficient (Wildman–Crippen LogP) is 2.15. The van der Waals surface area contributed by atoms with Gasteiger partial charge in [0, 0.05) is 24.2 Å². The number of amides is 1. The summed E-state index contributed by atoms with van der Waals surface area (Å²) >= 11 is 4.72. The normalized spacial score (nSPS) is 18.8. The molecule has 0 saturated carbocycles. The van der Waals surface area contributed by atoms with Crippen LogP contribution in [0.5, 0.6) is 0 Å². The molecule has 4 nitrogen and oxygen atoms in total. The molecule has 2 N–H and O–H groups in total. The Morgan fingerprint density at radius 2 is 2.21 bits per heavy atom. The molecular formula is C11H12F3N3OS. The number of nitrogens with one attached hydrogen (secondary N) is 2. The summed E-state index contributed by atoms with van der Waals surface area (Å²) in [5.41, 5.74) is -0.374. The average Bonchev–Trinajstić information content (AvgIpc) is 2.26. The van der Waals surface area contributed by atoms with Crippen LogP contribution in [0.3, 0.4) is 0 Å². The zero-order valence-corrected chi connectivity index (χ0v) is 10.9. The first kappa shape index (κ1) is 14.0. The van der Waals surface area contributed by atoms with Crippen LogP contribution < -0.4 is 5.32 Å². The Hall–Kier alpha value is -1.44. The maximum atomic E-state index is 12.9. The number of hydrogen-bond donors (Lipinski definition) is 2. The Morgan fingerprint density at radius 3 is 2.79 bits per heavy atom. The summed E-state index contributed by atoms with van der Waals surface area (Å²) in [5, 5.41) is 2.64. The van der Waals surface area contributed by atoms with E-state index < -0.39 is 11.9 Å². The zero-order valence-electron chi connectivity index (χ0n) is 10.1. The molecule has 1 atom stereocenters. The van der Waals surface area contributed by atoms with E-state index in [9.17, 15) is 18.0 Å². The van der Waals surface area contributed by atoms with Crippen molar-refractivity contribution in [2.75, 3.05) is 0 Å². The van der Waals surface area contributed by atoms with Crippen molar-refractivity contribution < 1.29 is 18.0 Å². The molecule has 19 heavy (non-hydrogen) atoms. The molecule has 1 amide bonds. The molecule has 1 heterocycles. The van der Waals surface area contributed by atoms with E-state index in [1.807, 2.05) is 0 Å². The molecule has 0 radical (unpaired) electrons. The van der Waals surface area contributed by atoms with Crippen molar-refractivity contribution in [3.8, 4) is 0 Å². The summed E-state index contributed by atoms with van der Waals surface area (Å²) in [6.45, 7) is 1.34. The number of aromatic amines is 1. The number of carbonyl (C=O) groups excluding carboxylic acids is 1. The molecule has 2 rings (SSSR count). The number of nitrogens with zero attached hydrogens (tertiary/aromatic N) is 1. The van der Waals surface area contributed by atoms with Crippen LogP contribution in [-0.4, -0.2) is 21.9 Å². The van der Waals surface area contributed by atoms with Gasteiger partial charge in [-0.25, -0.2) is 4.98 Å². The van der Waals surface area contributed by atoms with E-state index >= 15 is 0 Å². The van der Waals surface area contributed by atoms with Gasteiger partial charge in [0.15, 0.2) is 10.5 Å². The highest BCUT2D eigenvalue weighted by molar-refractivity contribution is 7.71. The van der Waals surface area contributed by atoms with Crippen LogP contribution in [0.25, 0.3) is 0 Å². The van der Waals surface area contributed by atoms with Crippen LogP contribution in [0.15, 0.2) is 0 Å². The molecule has 0 fully saturated rings. The Balaban J connectivity index is 2.42. The Kier molecular flexibility index (Phi) is 3.62. The molecule has 0 bridgehead atoms. The van der Waals surface area contributed by atoms with Crippen LogP contribution in [0.1, 0.15) is 30.3 Å². The summed E-state index contributed by atoms with van der Waals surface area (Å²) < 4.78 is 38.6. The third-order valence-electron chi connectivity index (χ3n) is 2.99. The minimum atomic E-state index is -4.54. The van der Waals surface area contributed by atoms with Crippen molar-refractivity contribution in [2.24, 2.45) is 0 Å². The number of H-pyrrole nitrogens is 1. The minimum Gasteiger partial charge on any atom is -0.353 e. The standard InChI is InChI=1S/C11H12F3N3OS/c1-5(18)15-6-2-3-8-7(4-6)9(11(12,13)14)17-10(19)16-8/h6H,2-4H2,1H3,(H,15,18)(H,16,17,19). The van der Waals surface area contributed by atoms with Gasteiger partial charge in [0.05, 0.1) is 0 Å². The Bertz CT molecular complexity index is 567. The number of hydrogen-bond acceptors (Lipinski definition) is 3. The topological polar surface area (TPSA) is 57.8 Å². The fraction of sp³-hybridized carbons (Fsp3) is 0.545. The van der Waals surface area contributed by atoms with Gasteiger partial charge in [-0.3, -0.25) is 4.79 Å². The molecule has 104 valence electrons. The lowest BCUT2D eigenvalue weighted by atomic mass is 9.90. The number of aromatic nitrogens is 2. The van der Waals surface area contributed by atoms with E-state index in [2.05, 4.69) is 15.3 Å². The number of alkyl halides is 3. The summed E-state index contributed by atoms with van der Waals surface area (Å²) in [6.07, 6.45) is -3.43. The molecule has 1 aliphatic rings. The van der Waals surface area contributed by atoms with Crippen molar-refractivity contribution in [3.63, 3.8) is 0 Å². The fourth-order valence-corrected chi connectivity index (χ4v) is 2.50. The molecule has 8 heteroatoms. The van der Waals surface area contributed by atoms with Gasteiger partial charge >= 0.3 is 6.18 Å². The van der Waals surface area contributed by atoms with E-state index in [0.717, 1.165) is 0 Å². The van der Waals surface area contributed by atoms with Crippen LogP contribution in [0.2, 0.25) is 0 Å². The molecule has 0 saturated heterocycles. The molecule has 1 aromatic rings. The smallest absolute Gasteiger partial charge is 0.353 e. The van der Waals surface area contributed by atoms with Crippen LogP contribution in [0, 0.1) is 4.77 Å². The highest BCUT2D eigenvalue weighted by Gasteiger charge is 2.38. The first-order valence-electron chi connectivity index (χ1n) is 5.73. The predicted molar refractivity (Wildman–Crippen MR) is 64.1 cm³/mol. The van der Waals surface area contributed by atoms with E-state index in [0.29, 0.717) is 18.5 Å². The lowest BCUT2D eigenvalue weighted by Crippen LogP contribution is -2.38. The average molecular weight is 291 g/mol. The molecule has 0 aromatic carbocycles. The molecule has 1 unspecified atom stereocenters. The first-order chi connectivity index (χ1) is 8.77. The Labute approximate surface area is 112 Å². The fourth-order valence-electron chi connectivity index (χ4n) is 2.29.